The number of tetrazole rings is 1. The first-order valence-corrected chi connectivity index (χ1v) is 14.9. The summed E-state index contributed by atoms with van der Waals surface area (Å²) in [4.78, 5) is 36.4. The average molecular weight is 650 g/mol. The number of hydrogen-bond donors (Lipinski definition) is 2. The second-order valence-electron chi connectivity index (χ2n) is 10.4. The molecular weight excluding hydrogens is 621 g/mol. The third-order valence-corrected chi connectivity index (χ3v) is 7.72. The van der Waals surface area contributed by atoms with E-state index >= 15 is 4.39 Å². The zero-order valence-electron chi connectivity index (χ0n) is 24.7. The van der Waals surface area contributed by atoms with Crippen LogP contribution >= 0.6 is 11.6 Å². The molecule has 46 heavy (non-hydrogen) atoms. The van der Waals surface area contributed by atoms with Gasteiger partial charge >= 0.3 is 6.09 Å². The fourth-order valence-corrected chi connectivity index (χ4v) is 5.65. The van der Waals surface area contributed by atoms with Gasteiger partial charge < -0.3 is 29.5 Å². The van der Waals surface area contributed by atoms with Crippen molar-refractivity contribution in [1.82, 2.24) is 39.7 Å². The van der Waals surface area contributed by atoms with Crippen LogP contribution in [0.5, 0.6) is 5.88 Å². The van der Waals surface area contributed by atoms with Crippen LogP contribution < -0.4 is 16.0 Å². The summed E-state index contributed by atoms with van der Waals surface area (Å²) in [6.07, 6.45) is 3.16. The SMILES string of the molecule is CCOCCOCCc1cc(-c2nc([C@@H]3CCc4cc(-c5cc(Cl)ccc5-n5cnnn5)cc(=O)n43)[nH]c2F)cnc1OC(N)=O. The molecule has 0 saturated carbocycles. The Kier molecular flexibility index (Phi) is 9.14. The number of nitrogens with two attached hydrogens (primary N) is 1. The molecule has 0 spiro atoms. The summed E-state index contributed by atoms with van der Waals surface area (Å²) in [5.41, 5.74) is 8.51. The average Bonchev–Trinajstić information content (AvgIpc) is 3.80. The van der Waals surface area contributed by atoms with E-state index in [2.05, 4.69) is 30.5 Å². The van der Waals surface area contributed by atoms with Gasteiger partial charge in [-0.05, 0) is 66.1 Å². The minimum Gasteiger partial charge on any atom is -0.391 e. The molecule has 4 aromatic heterocycles. The van der Waals surface area contributed by atoms with E-state index in [0.717, 1.165) is 5.69 Å². The van der Waals surface area contributed by atoms with E-state index in [1.807, 2.05) is 13.0 Å². The van der Waals surface area contributed by atoms with E-state index in [-0.39, 0.29) is 29.6 Å². The molecule has 14 nitrogen and oxygen atoms in total. The normalized spacial score (nSPS) is 14.0. The van der Waals surface area contributed by atoms with Crippen molar-refractivity contribution in [3.63, 3.8) is 0 Å². The highest BCUT2D eigenvalue weighted by Crippen LogP contribution is 2.35. The van der Waals surface area contributed by atoms with Crippen molar-refractivity contribution in [2.45, 2.75) is 32.2 Å². The molecule has 1 atom stereocenters. The highest BCUT2D eigenvalue weighted by molar-refractivity contribution is 6.31. The molecule has 0 aliphatic carbocycles. The van der Waals surface area contributed by atoms with Gasteiger partial charge in [0.2, 0.25) is 11.8 Å². The molecule has 0 bridgehead atoms. The molecule has 1 aromatic carbocycles. The van der Waals surface area contributed by atoms with Crippen molar-refractivity contribution in [2.24, 2.45) is 5.73 Å². The maximum Gasteiger partial charge on any atom is 0.411 e. The smallest absolute Gasteiger partial charge is 0.391 e. The van der Waals surface area contributed by atoms with Gasteiger partial charge in [0.15, 0.2) is 0 Å². The number of amides is 1. The summed E-state index contributed by atoms with van der Waals surface area (Å²) >= 11 is 6.31. The number of benzene rings is 1. The molecule has 3 N–H and O–H groups in total. The molecule has 5 heterocycles. The fourth-order valence-electron chi connectivity index (χ4n) is 5.48. The van der Waals surface area contributed by atoms with Crippen molar-refractivity contribution in [3.8, 4) is 34.0 Å². The monoisotopic (exact) mass is 649 g/mol. The molecule has 5 aromatic rings. The number of carbonyl (C=O) groups excluding carboxylic acids is 1. The van der Waals surface area contributed by atoms with Crippen LogP contribution in [0.3, 0.4) is 0 Å². The number of aryl methyl sites for hydroxylation is 1. The Morgan fingerprint density at radius 1 is 1.15 bits per heavy atom. The number of nitrogens with one attached hydrogen (secondary N) is 1. The molecule has 0 unspecified atom stereocenters. The first-order chi connectivity index (χ1) is 22.3. The first kappa shape index (κ1) is 31.0. The lowest BCUT2D eigenvalue weighted by Crippen LogP contribution is -2.24. The Hall–Kier alpha value is -4.99. The number of H-pyrrole nitrogens is 1. The molecule has 238 valence electrons. The summed E-state index contributed by atoms with van der Waals surface area (Å²) in [5.74, 6) is -0.408. The summed E-state index contributed by atoms with van der Waals surface area (Å²) in [6.45, 7) is 3.57. The number of carbonyl (C=O) groups is 1. The van der Waals surface area contributed by atoms with Crippen LogP contribution in [0.15, 0.2) is 53.7 Å². The van der Waals surface area contributed by atoms with Gasteiger partial charge in [0.1, 0.15) is 17.8 Å². The van der Waals surface area contributed by atoms with E-state index in [9.17, 15) is 9.59 Å². The van der Waals surface area contributed by atoms with Crippen molar-refractivity contribution >= 4 is 17.7 Å². The number of aromatic amines is 1. The van der Waals surface area contributed by atoms with Crippen LogP contribution in [0.4, 0.5) is 9.18 Å². The third-order valence-electron chi connectivity index (χ3n) is 7.48. The molecule has 16 heteroatoms. The van der Waals surface area contributed by atoms with E-state index in [4.69, 9.17) is 31.5 Å². The van der Waals surface area contributed by atoms with E-state index in [1.165, 1.54) is 23.3 Å². The number of primary amides is 1. The number of ether oxygens (including phenoxy) is 3. The second kappa shape index (κ2) is 13.6. The molecule has 6 rings (SSSR count). The highest BCUT2D eigenvalue weighted by Gasteiger charge is 2.30. The summed E-state index contributed by atoms with van der Waals surface area (Å²) in [6, 6.07) is 9.75. The van der Waals surface area contributed by atoms with Crippen LogP contribution in [0.25, 0.3) is 28.1 Å². The number of imidazole rings is 1. The number of rotatable bonds is 12. The minimum absolute atomic E-state index is 0.00385. The lowest BCUT2D eigenvalue weighted by molar-refractivity contribution is 0.0539. The van der Waals surface area contributed by atoms with Crippen LogP contribution in [-0.2, 0) is 22.3 Å². The number of halogens is 2. The Morgan fingerprint density at radius 3 is 2.78 bits per heavy atom. The van der Waals surface area contributed by atoms with Crippen LogP contribution in [-0.4, -0.2) is 72.2 Å². The predicted molar refractivity (Wildman–Crippen MR) is 163 cm³/mol. The molecule has 0 fully saturated rings. The number of pyridine rings is 2. The number of fused-ring (bicyclic) bond motifs is 1. The van der Waals surface area contributed by atoms with Gasteiger partial charge in [-0.3, -0.25) is 4.79 Å². The predicted octanol–water partition coefficient (Wildman–Crippen LogP) is 3.66. The fraction of sp³-hybridized carbons (Fsp3) is 0.300. The van der Waals surface area contributed by atoms with Gasteiger partial charge in [0, 0.05) is 52.7 Å². The largest absolute Gasteiger partial charge is 0.411 e. The maximum atomic E-state index is 15.4. The zero-order chi connectivity index (χ0) is 32.2. The third kappa shape index (κ3) is 6.51. The Bertz CT molecular complexity index is 1930. The molecule has 0 radical (unpaired) electrons. The van der Waals surface area contributed by atoms with Crippen LogP contribution in [0.1, 0.15) is 36.5 Å². The van der Waals surface area contributed by atoms with E-state index < -0.39 is 18.1 Å². The number of aromatic nitrogens is 8. The van der Waals surface area contributed by atoms with Gasteiger partial charge in [0.05, 0.1) is 31.5 Å². The van der Waals surface area contributed by atoms with Gasteiger partial charge in [-0.15, -0.1) is 5.10 Å². The Labute approximate surface area is 266 Å². The lowest BCUT2D eigenvalue weighted by atomic mass is 10.0. The van der Waals surface area contributed by atoms with Gasteiger partial charge in [-0.2, -0.15) is 9.07 Å². The van der Waals surface area contributed by atoms with Crippen molar-refractivity contribution in [1.29, 1.82) is 0 Å². The van der Waals surface area contributed by atoms with Gasteiger partial charge in [-0.1, -0.05) is 11.6 Å². The quantitative estimate of drug-likeness (QED) is 0.190. The zero-order valence-corrected chi connectivity index (χ0v) is 25.4. The van der Waals surface area contributed by atoms with Crippen LogP contribution in [0.2, 0.25) is 5.02 Å². The molecule has 0 saturated heterocycles. The molecule has 1 amide bonds. The van der Waals surface area contributed by atoms with E-state index in [0.29, 0.717) is 72.0 Å². The van der Waals surface area contributed by atoms with Crippen LogP contribution in [0, 0.1) is 5.95 Å². The van der Waals surface area contributed by atoms with Crippen molar-refractivity contribution < 1.29 is 23.4 Å². The lowest BCUT2D eigenvalue weighted by Gasteiger charge is -2.15. The molecule has 1 aliphatic rings. The standard InChI is InChI=1S/C30H29ClFN9O5/c1-2-44-9-10-45-8-7-17-11-19(15-34-29(17)46-30(33)43)26-27(32)37-28(36-26)24-6-4-21-12-18(13-25(42)41(21)24)22-14-20(31)3-5-23(22)40-16-35-38-39-40/h3,5,11-16,24H,2,4,6-10H2,1H3,(H2,33,43)(H,36,37)/t24-/m0/s1. The van der Waals surface area contributed by atoms with Crippen molar-refractivity contribution in [2.75, 3.05) is 26.4 Å². The minimum atomic E-state index is -1.03. The topological polar surface area (TPSA) is 178 Å². The summed E-state index contributed by atoms with van der Waals surface area (Å²) in [5, 5.41) is 11.9. The van der Waals surface area contributed by atoms with E-state index in [1.54, 1.807) is 28.8 Å². The highest BCUT2D eigenvalue weighted by atomic mass is 35.5. The first-order valence-electron chi connectivity index (χ1n) is 14.5. The second-order valence-corrected chi connectivity index (χ2v) is 10.8. The number of nitrogens with zero attached hydrogens (tertiary/aromatic N) is 7. The number of hydrogen-bond acceptors (Lipinski definition) is 10. The Balaban J connectivity index is 1.28. The molecular formula is C30H29ClFN9O5. The summed E-state index contributed by atoms with van der Waals surface area (Å²) in [7, 11) is 0. The van der Waals surface area contributed by atoms with Crippen molar-refractivity contribution in [3.05, 3.63) is 87.3 Å². The van der Waals surface area contributed by atoms with Gasteiger partial charge in [-0.25, -0.2) is 14.8 Å². The summed E-state index contributed by atoms with van der Waals surface area (Å²) < 4.78 is 34.4. The molecule has 1 aliphatic heterocycles. The maximum absolute atomic E-state index is 15.4. The van der Waals surface area contributed by atoms with Gasteiger partial charge in [0.25, 0.3) is 5.56 Å². The Morgan fingerprint density at radius 2 is 2.00 bits per heavy atom.